The summed E-state index contributed by atoms with van der Waals surface area (Å²) < 4.78 is 5.51. The summed E-state index contributed by atoms with van der Waals surface area (Å²) in [4.78, 5) is 12.6. The van der Waals surface area contributed by atoms with E-state index in [2.05, 4.69) is 20.3 Å². The predicted octanol–water partition coefficient (Wildman–Crippen LogP) is 2.58. The number of hydrogen-bond acceptors (Lipinski definition) is 5. The minimum Gasteiger partial charge on any atom is -0.488 e. The average molecular weight is 244 g/mol. The van der Waals surface area contributed by atoms with Gasteiger partial charge in [-0.15, -0.1) is 0 Å². The Kier molecular flexibility index (Phi) is 4.06. The first kappa shape index (κ1) is 12.3. The van der Waals surface area contributed by atoms with Crippen LogP contribution in [0, 0.1) is 0 Å². The van der Waals surface area contributed by atoms with Crippen LogP contribution in [0.4, 0.5) is 11.5 Å². The molecule has 0 bridgehead atoms. The number of anilines is 2. The maximum absolute atomic E-state index is 5.51. The minimum atomic E-state index is 0.583. The van der Waals surface area contributed by atoms with E-state index in [0.29, 0.717) is 18.2 Å². The molecule has 0 spiro atoms. The second kappa shape index (κ2) is 5.95. The summed E-state index contributed by atoms with van der Waals surface area (Å²) in [6, 6.07) is 3.76. The van der Waals surface area contributed by atoms with Crippen molar-refractivity contribution in [3.05, 3.63) is 36.5 Å². The van der Waals surface area contributed by atoms with Crippen molar-refractivity contribution in [2.75, 3.05) is 11.9 Å². The van der Waals surface area contributed by atoms with Gasteiger partial charge in [0.15, 0.2) is 11.6 Å². The fraction of sp³-hybridized carbons (Fsp3) is 0.308. The van der Waals surface area contributed by atoms with Crippen LogP contribution in [0.5, 0.6) is 5.75 Å². The molecule has 2 heterocycles. The van der Waals surface area contributed by atoms with Gasteiger partial charge in [-0.1, -0.05) is 6.92 Å². The van der Waals surface area contributed by atoms with Crippen LogP contribution >= 0.6 is 0 Å². The zero-order valence-electron chi connectivity index (χ0n) is 10.6. The van der Waals surface area contributed by atoms with E-state index in [4.69, 9.17) is 4.74 Å². The predicted molar refractivity (Wildman–Crippen MR) is 70.1 cm³/mol. The lowest BCUT2D eigenvalue weighted by molar-refractivity contribution is 0.339. The molecule has 0 aromatic carbocycles. The Labute approximate surface area is 106 Å². The van der Waals surface area contributed by atoms with Gasteiger partial charge in [-0.05, 0) is 19.1 Å². The van der Waals surface area contributed by atoms with E-state index in [1.807, 2.05) is 26.0 Å². The number of aromatic nitrogens is 3. The molecule has 0 amide bonds. The molecule has 94 valence electrons. The molecule has 0 aliphatic heterocycles. The van der Waals surface area contributed by atoms with Crippen molar-refractivity contribution >= 4 is 11.5 Å². The summed E-state index contributed by atoms with van der Waals surface area (Å²) in [5, 5.41) is 3.22. The smallest absolute Gasteiger partial charge is 0.180 e. The standard InChI is InChI=1S/C13H16N4O/c1-3-12-15-9-11(18-4-2)13(17-12)16-10-5-7-14-8-6-10/h5-9H,3-4H2,1-2H3,(H,14,15,16,17). The second-order valence-electron chi connectivity index (χ2n) is 3.65. The third-order valence-corrected chi connectivity index (χ3v) is 2.36. The SMILES string of the molecule is CCOc1cnc(CC)nc1Nc1ccncc1. The van der Waals surface area contributed by atoms with Gasteiger partial charge in [-0.2, -0.15) is 0 Å². The van der Waals surface area contributed by atoms with Crippen LogP contribution in [-0.4, -0.2) is 21.6 Å². The fourth-order valence-electron chi connectivity index (χ4n) is 1.50. The molecule has 0 saturated heterocycles. The zero-order valence-corrected chi connectivity index (χ0v) is 10.6. The van der Waals surface area contributed by atoms with Gasteiger partial charge in [0.05, 0.1) is 12.8 Å². The Bertz CT molecular complexity index is 502. The van der Waals surface area contributed by atoms with Crippen molar-refractivity contribution < 1.29 is 4.74 Å². The second-order valence-corrected chi connectivity index (χ2v) is 3.65. The van der Waals surface area contributed by atoms with Crippen LogP contribution in [0.15, 0.2) is 30.7 Å². The highest BCUT2D eigenvalue weighted by atomic mass is 16.5. The molecule has 2 aromatic rings. The Hall–Kier alpha value is -2.17. The van der Waals surface area contributed by atoms with Crippen molar-refractivity contribution in [3.63, 3.8) is 0 Å². The highest BCUT2D eigenvalue weighted by Gasteiger charge is 2.07. The largest absolute Gasteiger partial charge is 0.488 e. The Balaban J connectivity index is 2.28. The maximum Gasteiger partial charge on any atom is 0.180 e. The normalized spacial score (nSPS) is 10.1. The summed E-state index contributed by atoms with van der Waals surface area (Å²) in [7, 11) is 0. The van der Waals surface area contributed by atoms with Crippen LogP contribution in [0.1, 0.15) is 19.7 Å². The lowest BCUT2D eigenvalue weighted by atomic mass is 10.3. The molecule has 2 rings (SSSR count). The van der Waals surface area contributed by atoms with E-state index in [-0.39, 0.29) is 0 Å². The van der Waals surface area contributed by atoms with Crippen molar-refractivity contribution in [1.82, 2.24) is 15.0 Å². The summed E-state index contributed by atoms with van der Waals surface area (Å²) in [6.07, 6.45) is 5.95. The van der Waals surface area contributed by atoms with Crippen molar-refractivity contribution in [1.29, 1.82) is 0 Å². The molecule has 5 heteroatoms. The lowest BCUT2D eigenvalue weighted by Gasteiger charge is -2.11. The first-order valence-electron chi connectivity index (χ1n) is 5.99. The third kappa shape index (κ3) is 2.94. The molecule has 0 unspecified atom stereocenters. The number of pyridine rings is 1. The van der Waals surface area contributed by atoms with Gasteiger partial charge < -0.3 is 10.1 Å². The lowest BCUT2D eigenvalue weighted by Crippen LogP contribution is -2.04. The topological polar surface area (TPSA) is 59.9 Å². The number of hydrogen-bond donors (Lipinski definition) is 1. The highest BCUT2D eigenvalue weighted by Crippen LogP contribution is 2.24. The Morgan fingerprint density at radius 1 is 1.22 bits per heavy atom. The molecule has 0 aliphatic rings. The van der Waals surface area contributed by atoms with Crippen molar-refractivity contribution in [3.8, 4) is 5.75 Å². The average Bonchev–Trinajstić information content (AvgIpc) is 2.42. The number of rotatable bonds is 5. The van der Waals surface area contributed by atoms with Crippen LogP contribution < -0.4 is 10.1 Å². The third-order valence-electron chi connectivity index (χ3n) is 2.36. The first-order chi connectivity index (χ1) is 8.83. The van der Waals surface area contributed by atoms with E-state index >= 15 is 0 Å². The van der Waals surface area contributed by atoms with Crippen LogP contribution in [0.2, 0.25) is 0 Å². The number of ether oxygens (including phenoxy) is 1. The molecule has 0 atom stereocenters. The molecule has 0 aliphatic carbocycles. The van der Waals surface area contributed by atoms with E-state index in [9.17, 15) is 0 Å². The molecule has 0 radical (unpaired) electrons. The van der Waals surface area contributed by atoms with Gasteiger partial charge in [0.25, 0.3) is 0 Å². The van der Waals surface area contributed by atoms with E-state index < -0.39 is 0 Å². The quantitative estimate of drug-likeness (QED) is 0.876. The number of nitrogens with zero attached hydrogens (tertiary/aromatic N) is 3. The number of aryl methyl sites for hydroxylation is 1. The first-order valence-corrected chi connectivity index (χ1v) is 5.99. The maximum atomic E-state index is 5.51. The molecule has 18 heavy (non-hydrogen) atoms. The van der Waals surface area contributed by atoms with Crippen LogP contribution in [0.25, 0.3) is 0 Å². The Morgan fingerprint density at radius 2 is 2.00 bits per heavy atom. The molecule has 5 nitrogen and oxygen atoms in total. The monoisotopic (exact) mass is 244 g/mol. The van der Waals surface area contributed by atoms with Crippen LogP contribution in [-0.2, 0) is 6.42 Å². The highest BCUT2D eigenvalue weighted by molar-refractivity contribution is 5.61. The summed E-state index contributed by atoms with van der Waals surface area (Å²) in [6.45, 7) is 4.54. The molecular weight excluding hydrogens is 228 g/mol. The van der Waals surface area contributed by atoms with Gasteiger partial charge in [0.1, 0.15) is 5.82 Å². The van der Waals surface area contributed by atoms with E-state index in [0.717, 1.165) is 17.9 Å². The van der Waals surface area contributed by atoms with E-state index in [1.165, 1.54) is 0 Å². The summed E-state index contributed by atoms with van der Waals surface area (Å²) in [5.41, 5.74) is 0.923. The molecule has 0 fully saturated rings. The molecule has 1 N–H and O–H groups in total. The molecular formula is C13H16N4O. The van der Waals surface area contributed by atoms with Crippen LogP contribution in [0.3, 0.4) is 0 Å². The number of nitrogens with one attached hydrogen (secondary N) is 1. The summed E-state index contributed by atoms with van der Waals surface area (Å²) >= 11 is 0. The van der Waals surface area contributed by atoms with E-state index in [1.54, 1.807) is 18.6 Å². The molecule has 0 saturated carbocycles. The summed E-state index contributed by atoms with van der Waals surface area (Å²) in [5.74, 6) is 2.14. The van der Waals surface area contributed by atoms with Gasteiger partial charge in [-0.3, -0.25) is 4.98 Å². The van der Waals surface area contributed by atoms with Gasteiger partial charge >= 0.3 is 0 Å². The van der Waals surface area contributed by atoms with Gasteiger partial charge in [0.2, 0.25) is 0 Å². The fourth-order valence-corrected chi connectivity index (χ4v) is 1.50. The van der Waals surface area contributed by atoms with Crippen molar-refractivity contribution in [2.24, 2.45) is 0 Å². The van der Waals surface area contributed by atoms with Gasteiger partial charge in [0, 0.05) is 24.5 Å². The Morgan fingerprint density at radius 3 is 2.67 bits per heavy atom. The van der Waals surface area contributed by atoms with Crippen molar-refractivity contribution in [2.45, 2.75) is 20.3 Å². The zero-order chi connectivity index (χ0) is 12.8. The molecule has 2 aromatic heterocycles. The van der Waals surface area contributed by atoms with Gasteiger partial charge in [-0.25, -0.2) is 9.97 Å². The minimum absolute atomic E-state index is 0.583.